The molecule has 0 heterocycles. The zero-order chi connectivity index (χ0) is 13.4. The van der Waals surface area contributed by atoms with Crippen molar-refractivity contribution in [2.45, 2.75) is 49.8 Å². The Morgan fingerprint density at radius 1 is 1.22 bits per heavy atom. The summed E-state index contributed by atoms with van der Waals surface area (Å²) >= 11 is 1.90. The molecule has 0 fully saturated rings. The second-order valence-corrected chi connectivity index (χ2v) is 6.21. The number of hydrogen-bond donors (Lipinski definition) is 1. The van der Waals surface area contributed by atoms with Crippen molar-refractivity contribution in [2.75, 3.05) is 13.7 Å². The van der Waals surface area contributed by atoms with E-state index < -0.39 is 0 Å². The van der Waals surface area contributed by atoms with Gasteiger partial charge in [0.1, 0.15) is 5.75 Å². The molecule has 2 atom stereocenters. The van der Waals surface area contributed by atoms with Crippen molar-refractivity contribution >= 4 is 11.8 Å². The number of benzene rings is 1. The lowest BCUT2D eigenvalue weighted by atomic mass is 10.2. The number of ether oxygens (including phenoxy) is 1. The van der Waals surface area contributed by atoms with Gasteiger partial charge < -0.3 is 10.1 Å². The van der Waals surface area contributed by atoms with Gasteiger partial charge in [-0.15, -0.1) is 11.8 Å². The van der Waals surface area contributed by atoms with Crippen LogP contribution in [-0.2, 0) is 0 Å². The first-order valence-corrected chi connectivity index (χ1v) is 7.57. The molecule has 0 aromatic heterocycles. The molecule has 3 heteroatoms. The molecular formula is C15H25NOS. The maximum Gasteiger partial charge on any atom is 0.118 e. The Hall–Kier alpha value is -0.670. The second-order valence-electron chi connectivity index (χ2n) is 4.70. The van der Waals surface area contributed by atoms with E-state index in [1.165, 1.54) is 17.7 Å². The molecule has 1 aromatic carbocycles. The standard InChI is InChI=1S/C15H25NOS/c1-5-6-12(2)16-11-13(3)18-15-9-7-14(17-4)8-10-15/h7-10,12-13,16H,5-6,11H2,1-4H3. The summed E-state index contributed by atoms with van der Waals surface area (Å²) in [7, 11) is 1.70. The molecule has 0 bridgehead atoms. The predicted octanol–water partition coefficient (Wildman–Crippen LogP) is 3.95. The van der Waals surface area contributed by atoms with Gasteiger partial charge in [-0.25, -0.2) is 0 Å². The average molecular weight is 267 g/mol. The van der Waals surface area contributed by atoms with E-state index in [9.17, 15) is 0 Å². The average Bonchev–Trinajstić information content (AvgIpc) is 2.38. The van der Waals surface area contributed by atoms with Crippen LogP contribution >= 0.6 is 11.8 Å². The highest BCUT2D eigenvalue weighted by molar-refractivity contribution is 8.00. The van der Waals surface area contributed by atoms with Gasteiger partial charge >= 0.3 is 0 Å². The summed E-state index contributed by atoms with van der Waals surface area (Å²) < 4.78 is 5.16. The van der Waals surface area contributed by atoms with Crippen LogP contribution in [0.4, 0.5) is 0 Å². The summed E-state index contributed by atoms with van der Waals surface area (Å²) in [6.45, 7) is 7.81. The van der Waals surface area contributed by atoms with Gasteiger partial charge in [-0.1, -0.05) is 20.3 Å². The number of methoxy groups -OCH3 is 1. The Bertz CT molecular complexity index is 326. The largest absolute Gasteiger partial charge is 0.497 e. The molecular weight excluding hydrogens is 242 g/mol. The lowest BCUT2D eigenvalue weighted by molar-refractivity contribution is 0.414. The van der Waals surface area contributed by atoms with Crippen molar-refractivity contribution in [1.29, 1.82) is 0 Å². The highest BCUT2D eigenvalue weighted by atomic mass is 32.2. The van der Waals surface area contributed by atoms with E-state index in [1.807, 2.05) is 23.9 Å². The molecule has 1 aromatic rings. The Labute approximate surface area is 116 Å². The third-order valence-corrected chi connectivity index (χ3v) is 3.99. The van der Waals surface area contributed by atoms with Crippen LogP contribution in [0.1, 0.15) is 33.6 Å². The van der Waals surface area contributed by atoms with E-state index in [4.69, 9.17) is 4.74 Å². The topological polar surface area (TPSA) is 21.3 Å². The van der Waals surface area contributed by atoms with Crippen LogP contribution in [0.3, 0.4) is 0 Å². The minimum Gasteiger partial charge on any atom is -0.497 e. The molecule has 1 N–H and O–H groups in total. The van der Waals surface area contributed by atoms with E-state index in [-0.39, 0.29) is 0 Å². The van der Waals surface area contributed by atoms with E-state index in [0.717, 1.165) is 12.3 Å². The molecule has 2 nitrogen and oxygen atoms in total. The Morgan fingerprint density at radius 3 is 2.44 bits per heavy atom. The molecule has 0 radical (unpaired) electrons. The van der Waals surface area contributed by atoms with Gasteiger partial charge in [0.15, 0.2) is 0 Å². The minimum atomic E-state index is 0.581. The number of rotatable bonds is 8. The maximum atomic E-state index is 5.16. The van der Waals surface area contributed by atoms with Crippen molar-refractivity contribution in [3.8, 4) is 5.75 Å². The van der Waals surface area contributed by atoms with Gasteiger partial charge in [0.25, 0.3) is 0 Å². The zero-order valence-corrected chi connectivity index (χ0v) is 12.7. The van der Waals surface area contributed by atoms with Crippen LogP contribution in [0, 0.1) is 0 Å². The fourth-order valence-electron chi connectivity index (χ4n) is 1.83. The first-order chi connectivity index (χ1) is 8.65. The van der Waals surface area contributed by atoms with Crippen LogP contribution in [0.2, 0.25) is 0 Å². The Kier molecular flexibility index (Phi) is 7.21. The van der Waals surface area contributed by atoms with Gasteiger partial charge in [-0.3, -0.25) is 0 Å². The van der Waals surface area contributed by atoms with E-state index in [2.05, 4.69) is 38.2 Å². The van der Waals surface area contributed by atoms with Crippen molar-refractivity contribution < 1.29 is 4.74 Å². The van der Waals surface area contributed by atoms with Crippen LogP contribution in [0.15, 0.2) is 29.2 Å². The highest BCUT2D eigenvalue weighted by Crippen LogP contribution is 2.24. The van der Waals surface area contributed by atoms with Crippen LogP contribution in [-0.4, -0.2) is 24.9 Å². The summed E-state index contributed by atoms with van der Waals surface area (Å²) in [5.74, 6) is 0.918. The van der Waals surface area contributed by atoms with Gasteiger partial charge in [-0.05, 0) is 37.6 Å². The SMILES string of the molecule is CCCC(C)NCC(C)Sc1ccc(OC)cc1. The van der Waals surface area contributed by atoms with Gasteiger partial charge in [0, 0.05) is 22.7 Å². The third-order valence-electron chi connectivity index (χ3n) is 2.87. The summed E-state index contributed by atoms with van der Waals surface area (Å²) in [6, 6.07) is 8.89. The summed E-state index contributed by atoms with van der Waals surface area (Å²) in [6.07, 6.45) is 2.49. The van der Waals surface area contributed by atoms with Gasteiger partial charge in [0.05, 0.1) is 7.11 Å². The normalized spacial score (nSPS) is 14.2. The number of thioether (sulfide) groups is 1. The van der Waals surface area contributed by atoms with Crippen LogP contribution < -0.4 is 10.1 Å². The summed E-state index contributed by atoms with van der Waals surface area (Å²) in [5, 5.41) is 4.16. The van der Waals surface area contributed by atoms with E-state index >= 15 is 0 Å². The Morgan fingerprint density at radius 2 is 1.89 bits per heavy atom. The molecule has 0 aliphatic heterocycles. The first-order valence-electron chi connectivity index (χ1n) is 6.69. The fourth-order valence-corrected chi connectivity index (χ4v) is 2.77. The zero-order valence-electron chi connectivity index (χ0n) is 11.9. The van der Waals surface area contributed by atoms with Crippen molar-refractivity contribution in [3.05, 3.63) is 24.3 Å². The lowest BCUT2D eigenvalue weighted by Gasteiger charge is -2.17. The van der Waals surface area contributed by atoms with Crippen molar-refractivity contribution in [1.82, 2.24) is 5.32 Å². The van der Waals surface area contributed by atoms with Crippen molar-refractivity contribution in [2.24, 2.45) is 0 Å². The monoisotopic (exact) mass is 267 g/mol. The molecule has 1 rings (SSSR count). The van der Waals surface area contributed by atoms with Crippen LogP contribution in [0.25, 0.3) is 0 Å². The molecule has 0 aliphatic carbocycles. The number of nitrogens with one attached hydrogen (secondary N) is 1. The van der Waals surface area contributed by atoms with Crippen molar-refractivity contribution in [3.63, 3.8) is 0 Å². The second kappa shape index (κ2) is 8.44. The molecule has 18 heavy (non-hydrogen) atoms. The number of hydrogen-bond acceptors (Lipinski definition) is 3. The highest BCUT2D eigenvalue weighted by Gasteiger charge is 2.06. The summed E-state index contributed by atoms with van der Waals surface area (Å²) in [5.41, 5.74) is 0. The van der Waals surface area contributed by atoms with Crippen LogP contribution in [0.5, 0.6) is 5.75 Å². The summed E-state index contributed by atoms with van der Waals surface area (Å²) in [4.78, 5) is 1.30. The first kappa shape index (κ1) is 15.4. The molecule has 0 aliphatic rings. The van der Waals surface area contributed by atoms with E-state index in [0.29, 0.717) is 11.3 Å². The van der Waals surface area contributed by atoms with Gasteiger partial charge in [0.2, 0.25) is 0 Å². The molecule has 0 amide bonds. The van der Waals surface area contributed by atoms with E-state index in [1.54, 1.807) is 7.11 Å². The lowest BCUT2D eigenvalue weighted by Crippen LogP contribution is -2.31. The third kappa shape index (κ3) is 5.78. The fraction of sp³-hybridized carbons (Fsp3) is 0.600. The predicted molar refractivity (Wildman–Crippen MR) is 80.7 cm³/mol. The van der Waals surface area contributed by atoms with Gasteiger partial charge in [-0.2, -0.15) is 0 Å². The quantitative estimate of drug-likeness (QED) is 0.721. The molecule has 2 unspecified atom stereocenters. The minimum absolute atomic E-state index is 0.581. The maximum absolute atomic E-state index is 5.16. The molecule has 0 saturated heterocycles. The molecule has 0 saturated carbocycles. The molecule has 102 valence electrons. The Balaban J connectivity index is 2.32. The smallest absolute Gasteiger partial charge is 0.118 e. The molecule has 0 spiro atoms.